The zero-order valence-electron chi connectivity index (χ0n) is 16.2. The van der Waals surface area contributed by atoms with Crippen LogP contribution in [0.1, 0.15) is 22.5 Å². The van der Waals surface area contributed by atoms with E-state index in [0.717, 1.165) is 25.0 Å². The lowest BCUT2D eigenvalue weighted by Crippen LogP contribution is -2.18. The van der Waals surface area contributed by atoms with E-state index in [1.54, 1.807) is 18.2 Å². The van der Waals surface area contributed by atoms with Crippen molar-refractivity contribution in [2.45, 2.75) is 18.9 Å². The van der Waals surface area contributed by atoms with Gasteiger partial charge in [0.05, 0.1) is 11.8 Å². The maximum atomic E-state index is 13.1. The molecule has 0 unspecified atom stereocenters. The number of nitrogens with zero attached hydrogens (tertiary/aromatic N) is 1. The molecule has 0 saturated carbocycles. The number of hydrogen-bond donors (Lipinski definition) is 2. The number of fused-ring (bicyclic) bond motifs is 1. The minimum Gasteiger partial charge on any atom is -0.454 e. The molecule has 0 spiro atoms. The molecule has 3 aromatic rings. The Labute approximate surface area is 178 Å². The van der Waals surface area contributed by atoms with E-state index < -0.39 is 0 Å². The standard InChI is InChI=1S/C22H21N3O4S/c26-21(24-15-8-9-17-18(11-15)29-13-28-17)20-19(14-5-2-1-3-6-14)25-22(30-20)23-12-16-7-4-10-27-16/h1-3,5-6,8-9,11,16H,4,7,10,12-13H2,(H,23,25)(H,24,26)/t16-/m0/s1. The minimum atomic E-state index is -0.213. The number of thiazole rings is 1. The fourth-order valence-corrected chi connectivity index (χ4v) is 4.40. The fourth-order valence-electron chi connectivity index (χ4n) is 3.51. The van der Waals surface area contributed by atoms with Crippen molar-refractivity contribution in [1.29, 1.82) is 0 Å². The van der Waals surface area contributed by atoms with Crippen molar-refractivity contribution in [3.8, 4) is 22.8 Å². The van der Waals surface area contributed by atoms with Crippen LogP contribution in [-0.2, 0) is 4.74 Å². The molecule has 1 aromatic heterocycles. The Bertz CT molecular complexity index is 1050. The van der Waals surface area contributed by atoms with Crippen LogP contribution in [0.2, 0.25) is 0 Å². The van der Waals surface area contributed by atoms with Crippen LogP contribution in [0.3, 0.4) is 0 Å². The first-order chi connectivity index (χ1) is 14.8. The van der Waals surface area contributed by atoms with Crippen LogP contribution in [-0.4, -0.2) is 36.9 Å². The number of nitrogens with one attached hydrogen (secondary N) is 2. The molecule has 154 valence electrons. The smallest absolute Gasteiger partial charge is 0.268 e. The summed E-state index contributed by atoms with van der Waals surface area (Å²) in [5.41, 5.74) is 2.20. The van der Waals surface area contributed by atoms with Crippen molar-refractivity contribution in [1.82, 2.24) is 4.98 Å². The van der Waals surface area contributed by atoms with Gasteiger partial charge in [0.15, 0.2) is 16.6 Å². The van der Waals surface area contributed by atoms with E-state index in [-0.39, 0.29) is 18.8 Å². The number of benzene rings is 2. The van der Waals surface area contributed by atoms with Gasteiger partial charge in [0.2, 0.25) is 6.79 Å². The lowest BCUT2D eigenvalue weighted by atomic mass is 10.1. The predicted octanol–water partition coefficient (Wildman–Crippen LogP) is 4.38. The molecule has 0 radical (unpaired) electrons. The molecule has 0 bridgehead atoms. The summed E-state index contributed by atoms with van der Waals surface area (Å²) < 4.78 is 16.4. The highest BCUT2D eigenvalue weighted by molar-refractivity contribution is 7.18. The van der Waals surface area contributed by atoms with Gasteiger partial charge in [-0.1, -0.05) is 41.7 Å². The number of ether oxygens (including phenoxy) is 3. The molecule has 7 nitrogen and oxygen atoms in total. The minimum absolute atomic E-state index is 0.194. The summed E-state index contributed by atoms with van der Waals surface area (Å²) in [6.45, 7) is 1.69. The topological polar surface area (TPSA) is 81.7 Å². The van der Waals surface area contributed by atoms with Gasteiger partial charge in [0.1, 0.15) is 4.88 Å². The summed E-state index contributed by atoms with van der Waals surface area (Å²) in [5, 5.41) is 7.00. The molecule has 1 atom stereocenters. The summed E-state index contributed by atoms with van der Waals surface area (Å²) in [6, 6.07) is 15.1. The van der Waals surface area contributed by atoms with Crippen LogP contribution in [0.5, 0.6) is 11.5 Å². The molecule has 2 aliphatic heterocycles. The summed E-state index contributed by atoms with van der Waals surface area (Å²) in [6.07, 6.45) is 2.32. The quantitative estimate of drug-likeness (QED) is 0.612. The van der Waals surface area contributed by atoms with Crippen molar-refractivity contribution < 1.29 is 19.0 Å². The molecule has 3 heterocycles. The number of rotatable bonds is 6. The van der Waals surface area contributed by atoms with E-state index in [4.69, 9.17) is 19.2 Å². The molecule has 5 rings (SSSR count). The Kier molecular flexibility index (Phi) is 5.25. The van der Waals surface area contributed by atoms with Crippen molar-refractivity contribution in [2.75, 3.05) is 30.6 Å². The largest absolute Gasteiger partial charge is 0.454 e. The second-order valence-electron chi connectivity index (χ2n) is 7.10. The average molecular weight is 423 g/mol. The van der Waals surface area contributed by atoms with Crippen molar-refractivity contribution in [2.24, 2.45) is 0 Å². The van der Waals surface area contributed by atoms with Gasteiger partial charge in [-0.2, -0.15) is 0 Å². The third kappa shape index (κ3) is 3.96. The highest BCUT2D eigenvalue weighted by Gasteiger charge is 2.22. The van der Waals surface area contributed by atoms with Crippen molar-refractivity contribution in [3.63, 3.8) is 0 Å². The summed E-state index contributed by atoms with van der Waals surface area (Å²) in [5.74, 6) is 1.09. The molecule has 1 amide bonds. The number of amides is 1. The van der Waals surface area contributed by atoms with Gasteiger partial charge >= 0.3 is 0 Å². The molecular formula is C22H21N3O4S. The van der Waals surface area contributed by atoms with E-state index in [1.807, 2.05) is 30.3 Å². The van der Waals surface area contributed by atoms with E-state index >= 15 is 0 Å². The molecule has 1 saturated heterocycles. The van der Waals surface area contributed by atoms with Crippen LogP contribution in [0, 0.1) is 0 Å². The van der Waals surface area contributed by atoms with E-state index in [1.165, 1.54) is 11.3 Å². The van der Waals surface area contributed by atoms with E-state index in [2.05, 4.69) is 10.6 Å². The highest BCUT2D eigenvalue weighted by Crippen LogP contribution is 2.36. The first-order valence-corrected chi connectivity index (χ1v) is 10.7. The number of carbonyl (C=O) groups excluding carboxylic acids is 1. The monoisotopic (exact) mass is 423 g/mol. The van der Waals surface area contributed by atoms with Crippen LogP contribution in [0.4, 0.5) is 10.8 Å². The van der Waals surface area contributed by atoms with Gasteiger partial charge in [0.25, 0.3) is 5.91 Å². The molecule has 2 N–H and O–H groups in total. The van der Waals surface area contributed by atoms with Crippen LogP contribution in [0.15, 0.2) is 48.5 Å². The molecular weight excluding hydrogens is 402 g/mol. The Hall–Kier alpha value is -3.10. The number of aromatic nitrogens is 1. The number of anilines is 2. The van der Waals surface area contributed by atoms with Crippen LogP contribution in [0.25, 0.3) is 11.3 Å². The molecule has 0 aliphatic carbocycles. The molecule has 2 aliphatic rings. The first kappa shape index (κ1) is 18.9. The maximum Gasteiger partial charge on any atom is 0.268 e. The predicted molar refractivity (Wildman–Crippen MR) is 116 cm³/mol. The third-order valence-corrected chi connectivity index (χ3v) is 6.03. The average Bonchev–Trinajstić information content (AvgIpc) is 3.53. The second kappa shape index (κ2) is 8.33. The lowest BCUT2D eigenvalue weighted by molar-refractivity contribution is 0.103. The van der Waals surface area contributed by atoms with Crippen LogP contribution >= 0.6 is 11.3 Å². The molecule has 1 fully saturated rings. The number of hydrogen-bond acceptors (Lipinski definition) is 7. The maximum absolute atomic E-state index is 13.1. The first-order valence-electron chi connectivity index (χ1n) is 9.89. The van der Waals surface area contributed by atoms with E-state index in [9.17, 15) is 4.79 Å². The Morgan fingerprint density at radius 2 is 2.00 bits per heavy atom. The van der Waals surface area contributed by atoms with Crippen molar-refractivity contribution >= 4 is 28.1 Å². The third-order valence-electron chi connectivity index (χ3n) is 5.02. The SMILES string of the molecule is O=C(Nc1ccc2c(c1)OCO2)c1sc(NC[C@@H]2CCCO2)nc1-c1ccccc1. The van der Waals surface area contributed by atoms with Gasteiger partial charge in [-0.25, -0.2) is 4.98 Å². The van der Waals surface area contributed by atoms with Crippen LogP contribution < -0.4 is 20.1 Å². The zero-order valence-corrected chi connectivity index (χ0v) is 17.0. The summed E-state index contributed by atoms with van der Waals surface area (Å²) in [4.78, 5) is 18.4. The summed E-state index contributed by atoms with van der Waals surface area (Å²) >= 11 is 1.34. The zero-order chi connectivity index (χ0) is 20.3. The molecule has 8 heteroatoms. The molecule has 30 heavy (non-hydrogen) atoms. The van der Waals surface area contributed by atoms with Gasteiger partial charge in [0, 0.05) is 30.5 Å². The van der Waals surface area contributed by atoms with Gasteiger partial charge in [-0.05, 0) is 25.0 Å². The fraction of sp³-hybridized carbons (Fsp3) is 0.273. The van der Waals surface area contributed by atoms with Gasteiger partial charge in [-0.3, -0.25) is 4.79 Å². The number of carbonyl (C=O) groups is 1. The van der Waals surface area contributed by atoms with Crippen molar-refractivity contribution in [3.05, 3.63) is 53.4 Å². The Balaban J connectivity index is 1.39. The van der Waals surface area contributed by atoms with Gasteiger partial charge < -0.3 is 24.8 Å². The summed E-state index contributed by atoms with van der Waals surface area (Å²) in [7, 11) is 0. The lowest BCUT2D eigenvalue weighted by Gasteiger charge is -2.09. The Morgan fingerprint density at radius 1 is 1.13 bits per heavy atom. The van der Waals surface area contributed by atoms with Gasteiger partial charge in [-0.15, -0.1) is 0 Å². The highest BCUT2D eigenvalue weighted by atomic mass is 32.1. The van der Waals surface area contributed by atoms with E-state index in [0.29, 0.717) is 39.4 Å². The molecule has 2 aromatic carbocycles. The Morgan fingerprint density at radius 3 is 2.83 bits per heavy atom. The second-order valence-corrected chi connectivity index (χ2v) is 8.10. The normalized spacial score (nSPS) is 17.1.